The van der Waals surface area contributed by atoms with E-state index in [-0.39, 0.29) is 38.3 Å². The normalized spacial score (nSPS) is 18.2. The molecule has 3 N–H and O–H groups in total. The van der Waals surface area contributed by atoms with Crippen LogP contribution in [0.25, 0.3) is 0 Å². The number of thiophene rings is 1. The van der Waals surface area contributed by atoms with E-state index in [1.165, 1.54) is 16.2 Å². The lowest BCUT2D eigenvalue weighted by Crippen LogP contribution is -2.52. The summed E-state index contributed by atoms with van der Waals surface area (Å²) < 4.78 is 83.0. The van der Waals surface area contributed by atoms with Crippen molar-refractivity contribution in [3.63, 3.8) is 0 Å². The van der Waals surface area contributed by atoms with Gasteiger partial charge in [-0.15, -0.1) is 11.3 Å². The highest BCUT2D eigenvalue weighted by atomic mass is 32.1. The lowest BCUT2D eigenvalue weighted by molar-refractivity contribution is -0.142. The number of nitrogens with one attached hydrogen (secondary N) is 1. The maximum Gasteiger partial charge on any atom is 0.418 e. The number of halogens is 6. The van der Waals surface area contributed by atoms with Gasteiger partial charge in [-0.25, -0.2) is 4.79 Å². The maximum atomic E-state index is 14.0. The Hall–Kier alpha value is -4.54. The maximum absolute atomic E-state index is 14.0. The fraction of sp³-hybridized carbons (Fsp3) is 0.455. The number of fused-ring (bicyclic) bond motifs is 1. The van der Waals surface area contributed by atoms with Crippen LogP contribution in [-0.4, -0.2) is 82.8 Å². The molecule has 2 aromatic heterocycles. The number of carbonyl (C=O) groups is 3. The second-order valence-electron chi connectivity index (χ2n) is 12.7. The van der Waals surface area contributed by atoms with Gasteiger partial charge < -0.3 is 30.7 Å². The molecule has 3 aliphatic rings. The summed E-state index contributed by atoms with van der Waals surface area (Å²) in [4.78, 5) is 52.2. The number of hydrogen-bond donors (Lipinski definition) is 2. The van der Waals surface area contributed by atoms with E-state index >= 15 is 0 Å². The summed E-state index contributed by atoms with van der Waals surface area (Å²) in [6, 6.07) is 6.17. The number of likely N-dealkylation sites (tertiary alicyclic amines) is 1. The number of nitrogens with zero attached hydrogens (tertiary/aromatic N) is 5. The minimum atomic E-state index is -5.18. The monoisotopic (exact) mass is 723 g/mol. The van der Waals surface area contributed by atoms with Crippen LogP contribution in [-0.2, 0) is 34.9 Å². The first-order valence-electron chi connectivity index (χ1n) is 16.1. The van der Waals surface area contributed by atoms with Gasteiger partial charge in [0, 0.05) is 74.7 Å². The van der Waals surface area contributed by atoms with Crippen molar-refractivity contribution >= 4 is 46.2 Å². The van der Waals surface area contributed by atoms with E-state index in [1.54, 1.807) is 22.2 Å². The zero-order valence-corrected chi connectivity index (χ0v) is 27.6. The summed E-state index contributed by atoms with van der Waals surface area (Å²) in [5.74, 6) is -2.20. The van der Waals surface area contributed by atoms with Crippen LogP contribution in [0.3, 0.4) is 0 Å². The summed E-state index contributed by atoms with van der Waals surface area (Å²) in [6.45, 7) is 2.33. The van der Waals surface area contributed by atoms with Crippen LogP contribution in [0.15, 0.2) is 48.1 Å². The number of urea groups is 1. The van der Waals surface area contributed by atoms with Gasteiger partial charge in [-0.3, -0.25) is 14.6 Å². The van der Waals surface area contributed by atoms with Crippen molar-refractivity contribution in [3.05, 3.63) is 69.7 Å². The molecule has 50 heavy (non-hydrogen) atoms. The third kappa shape index (κ3) is 7.61. The fourth-order valence-corrected chi connectivity index (χ4v) is 7.71. The van der Waals surface area contributed by atoms with Gasteiger partial charge >= 0.3 is 18.4 Å². The first kappa shape index (κ1) is 35.3. The van der Waals surface area contributed by atoms with Crippen molar-refractivity contribution < 1.29 is 40.7 Å². The van der Waals surface area contributed by atoms with E-state index in [9.17, 15) is 40.7 Å². The van der Waals surface area contributed by atoms with Crippen molar-refractivity contribution in [3.8, 4) is 0 Å². The second kappa shape index (κ2) is 14.0. The molecule has 0 radical (unpaired) electrons. The molecule has 0 saturated carbocycles. The van der Waals surface area contributed by atoms with Gasteiger partial charge in [0.2, 0.25) is 11.8 Å². The molecule has 4 amide bonds. The van der Waals surface area contributed by atoms with Gasteiger partial charge in [-0.1, -0.05) is 0 Å². The first-order valence-corrected chi connectivity index (χ1v) is 17.0. The number of alkyl halides is 6. The summed E-state index contributed by atoms with van der Waals surface area (Å²) in [5, 5.41) is 4.77. The lowest BCUT2D eigenvalue weighted by Gasteiger charge is -2.40. The SMILES string of the molecule is Nc1c(C(F)(F)F)cc(CC(CC(=O)N2CCC(N3Cc4sccc4NC3=O)CC2)C(=O)N2CCN(c3ccncc3)CC2)cc1C(F)(F)F. The molecule has 2 fully saturated rings. The minimum Gasteiger partial charge on any atom is -0.398 e. The highest BCUT2D eigenvalue weighted by Crippen LogP contribution is 2.42. The molecule has 17 heteroatoms. The molecule has 1 aromatic carbocycles. The number of anilines is 3. The van der Waals surface area contributed by atoms with Gasteiger partial charge in [0.25, 0.3) is 0 Å². The van der Waals surface area contributed by atoms with Crippen molar-refractivity contribution in [1.29, 1.82) is 0 Å². The van der Waals surface area contributed by atoms with Gasteiger partial charge in [0.1, 0.15) is 0 Å². The number of nitrogen functional groups attached to an aromatic ring is 1. The summed E-state index contributed by atoms with van der Waals surface area (Å²) in [7, 11) is 0. The van der Waals surface area contributed by atoms with Crippen molar-refractivity contribution in [2.45, 2.75) is 50.6 Å². The molecule has 0 aliphatic carbocycles. The Morgan fingerprint density at radius 3 is 2.14 bits per heavy atom. The number of piperidine rings is 1. The summed E-state index contributed by atoms with van der Waals surface area (Å²) in [5.41, 5.74) is 1.88. The van der Waals surface area contributed by atoms with Crippen molar-refractivity contribution in [1.82, 2.24) is 19.7 Å². The third-order valence-electron chi connectivity index (χ3n) is 9.54. The Morgan fingerprint density at radius 2 is 1.54 bits per heavy atom. The predicted octanol–water partition coefficient (Wildman–Crippen LogP) is 5.70. The lowest BCUT2D eigenvalue weighted by atomic mass is 9.90. The Kier molecular flexibility index (Phi) is 9.88. The molecule has 10 nitrogen and oxygen atoms in total. The number of piperazine rings is 1. The summed E-state index contributed by atoms with van der Waals surface area (Å²) >= 11 is 1.53. The average Bonchev–Trinajstić information content (AvgIpc) is 3.54. The highest BCUT2D eigenvalue weighted by molar-refractivity contribution is 7.10. The van der Waals surface area contributed by atoms with Gasteiger partial charge in [0.15, 0.2) is 0 Å². The molecule has 0 spiro atoms. The van der Waals surface area contributed by atoms with E-state index in [4.69, 9.17) is 5.73 Å². The molecule has 1 atom stereocenters. The molecule has 1 unspecified atom stereocenters. The fourth-order valence-electron chi connectivity index (χ4n) is 6.88. The quantitative estimate of drug-likeness (QED) is 0.239. The molecule has 268 valence electrons. The minimum absolute atomic E-state index is 0.139. The number of pyridine rings is 1. The predicted molar refractivity (Wildman–Crippen MR) is 174 cm³/mol. The second-order valence-corrected chi connectivity index (χ2v) is 13.7. The number of amides is 4. The van der Waals surface area contributed by atoms with Gasteiger partial charge in [-0.05, 0) is 60.5 Å². The molecule has 0 bridgehead atoms. The number of carbonyl (C=O) groups excluding carboxylic acids is 3. The molecular weight excluding hydrogens is 688 g/mol. The number of rotatable bonds is 7. The van der Waals surface area contributed by atoms with E-state index in [2.05, 4.69) is 10.3 Å². The molecule has 3 aromatic rings. The Labute approximate surface area is 287 Å². The zero-order chi connectivity index (χ0) is 35.8. The van der Waals surface area contributed by atoms with Crippen LogP contribution < -0.4 is 16.0 Å². The smallest absolute Gasteiger partial charge is 0.398 e. The summed E-state index contributed by atoms with van der Waals surface area (Å²) in [6.07, 6.45) is -7.10. The molecule has 3 aliphatic heterocycles. The Bertz CT molecular complexity index is 1680. The van der Waals surface area contributed by atoms with Crippen LogP contribution >= 0.6 is 11.3 Å². The van der Waals surface area contributed by atoms with Crippen LogP contribution in [0.4, 0.5) is 48.2 Å². The topological polar surface area (TPSA) is 115 Å². The molecular formula is C33H35F6N7O3S. The first-order chi connectivity index (χ1) is 23.7. The van der Waals surface area contributed by atoms with E-state index < -0.39 is 65.3 Å². The highest BCUT2D eigenvalue weighted by Gasteiger charge is 2.42. The largest absolute Gasteiger partial charge is 0.418 e. The zero-order valence-electron chi connectivity index (χ0n) is 26.8. The van der Waals surface area contributed by atoms with Crippen molar-refractivity contribution in [2.75, 3.05) is 55.2 Å². The number of hydrogen-bond acceptors (Lipinski definition) is 7. The van der Waals surface area contributed by atoms with Gasteiger partial charge in [-0.2, -0.15) is 26.3 Å². The van der Waals surface area contributed by atoms with Crippen LogP contribution in [0.2, 0.25) is 0 Å². The standard InChI is InChI=1S/C33H35F6N7O3S/c34-32(35,36)24-16-20(17-25(29(24)40)33(37,38)39)15-21(30(48)45-12-10-43(11-13-45)22-1-6-41-7-2-22)18-28(47)44-8-3-23(4-9-44)46-19-27-26(5-14-50-27)42-31(46)49/h1-2,5-7,14,16-17,21,23H,3-4,8-13,15,18-19,40H2,(H,42,49). The van der Waals surface area contributed by atoms with Crippen LogP contribution in [0, 0.1) is 5.92 Å². The number of benzene rings is 1. The van der Waals surface area contributed by atoms with Crippen molar-refractivity contribution in [2.24, 2.45) is 5.92 Å². The average molecular weight is 724 g/mol. The van der Waals surface area contributed by atoms with Crippen LogP contribution in [0.1, 0.15) is 40.8 Å². The van der Waals surface area contributed by atoms with Crippen LogP contribution in [0.5, 0.6) is 0 Å². The van der Waals surface area contributed by atoms with E-state index in [1.807, 2.05) is 28.5 Å². The van der Waals surface area contributed by atoms with E-state index in [0.29, 0.717) is 44.6 Å². The number of aromatic nitrogens is 1. The Morgan fingerprint density at radius 1 is 0.920 bits per heavy atom. The molecule has 6 rings (SSSR count). The van der Waals surface area contributed by atoms with Gasteiger partial charge in [0.05, 0.1) is 35.0 Å². The number of nitrogens with two attached hydrogens (primary N) is 1. The van der Waals surface area contributed by atoms with E-state index in [0.717, 1.165) is 16.3 Å². The third-order valence-corrected chi connectivity index (χ3v) is 10.4. The molecule has 2 saturated heterocycles. The Balaban J connectivity index is 1.19. The molecule has 5 heterocycles.